The van der Waals surface area contributed by atoms with Crippen molar-refractivity contribution in [1.82, 2.24) is 14.8 Å². The number of aromatic nitrogens is 1. The lowest BCUT2D eigenvalue weighted by molar-refractivity contribution is -0.159. The Morgan fingerprint density at radius 3 is 2.57 bits per heavy atom. The zero-order valence-corrected chi connectivity index (χ0v) is 20.5. The van der Waals surface area contributed by atoms with E-state index in [1.807, 2.05) is 30.3 Å². The van der Waals surface area contributed by atoms with Crippen molar-refractivity contribution in [2.24, 2.45) is 0 Å². The summed E-state index contributed by atoms with van der Waals surface area (Å²) in [6.07, 6.45) is 0.362. The van der Waals surface area contributed by atoms with Crippen molar-refractivity contribution in [2.75, 3.05) is 20.8 Å². The van der Waals surface area contributed by atoms with Crippen LogP contribution >= 0.6 is 0 Å². The number of carbonyl (C=O) groups excluding carboxylic acids is 2. The second kappa shape index (κ2) is 8.96. The molecule has 1 fully saturated rings. The monoisotopic (exact) mass is 499 g/mol. The summed E-state index contributed by atoms with van der Waals surface area (Å²) in [6.45, 7) is -0.0997. The summed E-state index contributed by atoms with van der Waals surface area (Å²) < 4.78 is 25.6. The molecule has 2 atom stereocenters. The standard InChI is InChI=1S/C29H26FN3O4/c1-36-18-11-12-25(37-2)21(13-18)28-27-20(19-8-4-6-10-23(19)31-27)14-24-29(35)32(16-26(34)33(24)28)15-17-7-3-5-9-22(17)30/h3-13,24,28,31H,14-16H2,1-2H3. The molecule has 2 aliphatic heterocycles. The SMILES string of the molecule is COc1ccc(OC)c(C2c3[nH]c4ccccc4c3CC3C(=O)N(Cc4ccccc4F)CC(=O)N32)c1. The molecule has 3 heterocycles. The van der Waals surface area contributed by atoms with Gasteiger partial charge in [-0.1, -0.05) is 36.4 Å². The van der Waals surface area contributed by atoms with Gasteiger partial charge in [0.1, 0.15) is 35.9 Å². The molecule has 1 aromatic heterocycles. The van der Waals surface area contributed by atoms with Gasteiger partial charge in [-0.05, 0) is 35.9 Å². The van der Waals surface area contributed by atoms with Crippen molar-refractivity contribution in [1.29, 1.82) is 0 Å². The third kappa shape index (κ3) is 3.71. The summed E-state index contributed by atoms with van der Waals surface area (Å²) >= 11 is 0. The molecule has 1 N–H and O–H groups in total. The molecule has 0 radical (unpaired) electrons. The molecule has 0 saturated carbocycles. The number of fused-ring (bicyclic) bond motifs is 4. The van der Waals surface area contributed by atoms with Crippen LogP contribution in [0.5, 0.6) is 11.5 Å². The molecule has 1 saturated heterocycles. The second-order valence-electron chi connectivity index (χ2n) is 9.38. The fourth-order valence-corrected chi connectivity index (χ4v) is 5.67. The summed E-state index contributed by atoms with van der Waals surface area (Å²) in [7, 11) is 3.16. The van der Waals surface area contributed by atoms with E-state index >= 15 is 0 Å². The van der Waals surface area contributed by atoms with Crippen molar-refractivity contribution >= 4 is 22.7 Å². The Balaban J connectivity index is 1.50. The van der Waals surface area contributed by atoms with Gasteiger partial charge in [-0.25, -0.2) is 4.39 Å². The molecular formula is C29H26FN3O4. The van der Waals surface area contributed by atoms with E-state index in [0.717, 1.165) is 27.7 Å². The van der Waals surface area contributed by atoms with Crippen LogP contribution in [-0.4, -0.2) is 53.4 Å². The van der Waals surface area contributed by atoms with Gasteiger partial charge >= 0.3 is 0 Å². The van der Waals surface area contributed by atoms with Crippen LogP contribution in [0.2, 0.25) is 0 Å². The first-order valence-electron chi connectivity index (χ1n) is 12.1. The number of rotatable bonds is 5. The van der Waals surface area contributed by atoms with Crippen LogP contribution in [-0.2, 0) is 22.6 Å². The summed E-state index contributed by atoms with van der Waals surface area (Å²) in [5.41, 5.74) is 3.88. The van der Waals surface area contributed by atoms with Crippen LogP contribution in [0.15, 0.2) is 66.7 Å². The average Bonchev–Trinajstić information content (AvgIpc) is 3.29. The summed E-state index contributed by atoms with van der Waals surface area (Å²) in [5.74, 6) is 0.398. The van der Waals surface area contributed by atoms with Crippen LogP contribution in [0.25, 0.3) is 10.9 Å². The number of ether oxygens (including phenoxy) is 2. The predicted molar refractivity (Wildman–Crippen MR) is 136 cm³/mol. The quantitative estimate of drug-likeness (QED) is 0.447. The Kier molecular flexibility index (Phi) is 5.59. The third-order valence-corrected chi connectivity index (χ3v) is 7.39. The van der Waals surface area contributed by atoms with Crippen LogP contribution in [0, 0.1) is 5.82 Å². The normalized spacial score (nSPS) is 19.1. The van der Waals surface area contributed by atoms with Crippen molar-refractivity contribution in [3.63, 3.8) is 0 Å². The molecule has 188 valence electrons. The zero-order chi connectivity index (χ0) is 25.7. The maximum absolute atomic E-state index is 14.4. The lowest BCUT2D eigenvalue weighted by atomic mass is 9.85. The third-order valence-electron chi connectivity index (χ3n) is 7.39. The molecule has 0 bridgehead atoms. The maximum Gasteiger partial charge on any atom is 0.246 e. The highest BCUT2D eigenvalue weighted by Crippen LogP contribution is 2.45. The molecule has 0 spiro atoms. The number of halogens is 1. The van der Waals surface area contributed by atoms with Gasteiger partial charge in [-0.2, -0.15) is 0 Å². The van der Waals surface area contributed by atoms with E-state index in [4.69, 9.17) is 9.47 Å². The van der Waals surface area contributed by atoms with E-state index < -0.39 is 17.9 Å². The first kappa shape index (κ1) is 23.1. The number of benzene rings is 3. The highest BCUT2D eigenvalue weighted by Gasteiger charge is 2.49. The summed E-state index contributed by atoms with van der Waals surface area (Å²) in [6, 6.07) is 18.4. The smallest absolute Gasteiger partial charge is 0.246 e. The van der Waals surface area contributed by atoms with Gasteiger partial charge in [-0.3, -0.25) is 9.59 Å². The van der Waals surface area contributed by atoms with E-state index in [-0.39, 0.29) is 24.9 Å². The van der Waals surface area contributed by atoms with Gasteiger partial charge in [-0.15, -0.1) is 0 Å². The van der Waals surface area contributed by atoms with Crippen molar-refractivity contribution in [3.05, 3.63) is 94.9 Å². The predicted octanol–water partition coefficient (Wildman–Crippen LogP) is 4.21. The molecule has 4 aromatic rings. The Bertz CT molecular complexity index is 1530. The number of piperazine rings is 1. The Hall–Kier alpha value is -4.33. The Morgan fingerprint density at radius 1 is 1.00 bits per heavy atom. The number of H-pyrrole nitrogens is 1. The number of hydrogen-bond donors (Lipinski definition) is 1. The van der Waals surface area contributed by atoms with Gasteiger partial charge in [0.05, 0.1) is 14.2 Å². The highest BCUT2D eigenvalue weighted by atomic mass is 19.1. The van der Waals surface area contributed by atoms with Crippen molar-refractivity contribution in [2.45, 2.75) is 25.0 Å². The molecule has 2 aliphatic rings. The number of hydrogen-bond acceptors (Lipinski definition) is 4. The maximum atomic E-state index is 14.4. The number of methoxy groups -OCH3 is 2. The van der Waals surface area contributed by atoms with E-state index in [1.165, 1.54) is 11.0 Å². The van der Waals surface area contributed by atoms with Crippen LogP contribution in [0.3, 0.4) is 0 Å². The molecule has 3 aromatic carbocycles. The molecule has 7 nitrogen and oxygen atoms in total. The van der Waals surface area contributed by atoms with Gasteiger partial charge in [0.2, 0.25) is 11.8 Å². The molecule has 8 heteroatoms. The second-order valence-corrected chi connectivity index (χ2v) is 9.38. The van der Waals surface area contributed by atoms with Crippen molar-refractivity contribution in [3.8, 4) is 11.5 Å². The molecule has 2 amide bonds. The molecular weight excluding hydrogens is 473 g/mol. The van der Waals surface area contributed by atoms with E-state index in [2.05, 4.69) is 4.98 Å². The van der Waals surface area contributed by atoms with E-state index in [0.29, 0.717) is 23.5 Å². The number of carbonyl (C=O) groups is 2. The number of para-hydroxylation sites is 1. The van der Waals surface area contributed by atoms with Crippen molar-refractivity contribution < 1.29 is 23.5 Å². The minimum atomic E-state index is -0.736. The van der Waals surface area contributed by atoms with Gasteiger partial charge in [0.15, 0.2) is 0 Å². The van der Waals surface area contributed by atoms with E-state index in [1.54, 1.807) is 49.5 Å². The Morgan fingerprint density at radius 2 is 1.78 bits per heavy atom. The minimum Gasteiger partial charge on any atom is -0.497 e. The topological polar surface area (TPSA) is 74.9 Å². The van der Waals surface area contributed by atoms with Gasteiger partial charge < -0.3 is 24.3 Å². The fourth-order valence-electron chi connectivity index (χ4n) is 5.67. The number of nitrogens with zero attached hydrogens (tertiary/aromatic N) is 2. The lowest BCUT2D eigenvalue weighted by Crippen LogP contribution is -2.62. The molecule has 0 aliphatic carbocycles. The average molecular weight is 500 g/mol. The fraction of sp³-hybridized carbons (Fsp3) is 0.241. The number of amides is 2. The first-order valence-corrected chi connectivity index (χ1v) is 12.1. The minimum absolute atomic E-state index is 0.0372. The van der Waals surface area contributed by atoms with Gasteiger partial charge in [0.25, 0.3) is 0 Å². The highest BCUT2D eigenvalue weighted by molar-refractivity contribution is 5.97. The van der Waals surface area contributed by atoms with Crippen LogP contribution in [0.1, 0.15) is 28.4 Å². The lowest BCUT2D eigenvalue weighted by Gasteiger charge is -2.47. The molecule has 6 rings (SSSR count). The van der Waals surface area contributed by atoms with Crippen LogP contribution < -0.4 is 9.47 Å². The Labute approximate surface area is 213 Å². The number of nitrogens with one attached hydrogen (secondary N) is 1. The van der Waals surface area contributed by atoms with Gasteiger partial charge in [0, 0.05) is 40.7 Å². The largest absolute Gasteiger partial charge is 0.497 e. The summed E-state index contributed by atoms with van der Waals surface area (Å²) in [5, 5.41) is 1.01. The zero-order valence-electron chi connectivity index (χ0n) is 20.5. The van der Waals surface area contributed by atoms with Crippen LogP contribution in [0.4, 0.5) is 4.39 Å². The molecule has 2 unspecified atom stereocenters. The molecule has 37 heavy (non-hydrogen) atoms. The summed E-state index contributed by atoms with van der Waals surface area (Å²) in [4.78, 5) is 34.3. The first-order chi connectivity index (χ1) is 18.0. The number of aromatic amines is 1. The van der Waals surface area contributed by atoms with E-state index in [9.17, 15) is 14.0 Å².